The first-order valence-corrected chi connectivity index (χ1v) is 7.76. The van der Waals surface area contributed by atoms with E-state index in [2.05, 4.69) is 25.2 Å². The van der Waals surface area contributed by atoms with Crippen LogP contribution in [0.5, 0.6) is 0 Å². The van der Waals surface area contributed by atoms with Gasteiger partial charge in [-0.2, -0.15) is 23.4 Å². The van der Waals surface area contributed by atoms with E-state index in [1.807, 2.05) is 0 Å². The predicted molar refractivity (Wildman–Crippen MR) is 84.9 cm³/mol. The number of fused-ring (bicyclic) bond motifs is 1. The second kappa shape index (κ2) is 7.50. The van der Waals surface area contributed by atoms with Crippen molar-refractivity contribution in [3.05, 3.63) is 41.6 Å². The summed E-state index contributed by atoms with van der Waals surface area (Å²) in [6.07, 6.45) is -3.72. The first-order chi connectivity index (χ1) is 13.1. The second-order valence-corrected chi connectivity index (χ2v) is 5.73. The van der Waals surface area contributed by atoms with E-state index in [9.17, 15) is 26.7 Å². The highest BCUT2D eigenvalue weighted by atomic mass is 19.4. The Kier molecular flexibility index (Phi) is 5.27. The van der Waals surface area contributed by atoms with Gasteiger partial charge >= 0.3 is 6.18 Å². The Morgan fingerprint density at radius 2 is 2.04 bits per heavy atom. The standard InChI is InChI=1S/C15H13F5N6O2/c1-8-2-11(12(16)17)26-13(23-8)10(4-22-26)14(27)24-9-3-21-25(5-9)7-28-6-15(18,19)20/h2-5,12H,6-7H2,1H3,(H,24,27). The molecule has 1 N–H and O–H groups in total. The SMILES string of the molecule is Cc1cc(C(F)F)n2ncc(C(=O)Nc3cnn(COCC(F)(F)F)c3)c2n1. The number of rotatable bonds is 6. The van der Waals surface area contributed by atoms with Crippen molar-refractivity contribution in [3.63, 3.8) is 0 Å². The van der Waals surface area contributed by atoms with Gasteiger partial charge in [-0.15, -0.1) is 0 Å². The van der Waals surface area contributed by atoms with Gasteiger partial charge in [-0.1, -0.05) is 0 Å². The van der Waals surface area contributed by atoms with Crippen molar-refractivity contribution in [3.8, 4) is 0 Å². The molecule has 0 aromatic carbocycles. The van der Waals surface area contributed by atoms with Crippen LogP contribution in [0, 0.1) is 6.92 Å². The summed E-state index contributed by atoms with van der Waals surface area (Å²) in [5, 5.41) is 9.99. The van der Waals surface area contributed by atoms with Crippen molar-refractivity contribution >= 4 is 17.2 Å². The van der Waals surface area contributed by atoms with E-state index >= 15 is 0 Å². The van der Waals surface area contributed by atoms with Gasteiger partial charge in [0.05, 0.1) is 24.3 Å². The molecule has 0 atom stereocenters. The van der Waals surface area contributed by atoms with Gasteiger partial charge in [0, 0.05) is 5.69 Å². The predicted octanol–water partition coefficient (Wildman–Crippen LogP) is 2.96. The Morgan fingerprint density at radius 1 is 1.29 bits per heavy atom. The molecule has 0 aliphatic rings. The summed E-state index contributed by atoms with van der Waals surface area (Å²) in [7, 11) is 0. The number of alkyl halides is 5. The molecule has 3 aromatic rings. The van der Waals surface area contributed by atoms with E-state index in [0.717, 1.165) is 21.5 Å². The van der Waals surface area contributed by atoms with Gasteiger partial charge in [-0.25, -0.2) is 23.0 Å². The Bertz CT molecular complexity index is 997. The minimum atomic E-state index is -4.46. The fourth-order valence-corrected chi connectivity index (χ4v) is 2.38. The fraction of sp³-hybridized carbons (Fsp3) is 0.333. The molecule has 0 fully saturated rings. The zero-order valence-corrected chi connectivity index (χ0v) is 14.2. The maximum Gasteiger partial charge on any atom is 0.411 e. The van der Waals surface area contributed by atoms with Crippen LogP contribution in [-0.2, 0) is 11.5 Å². The minimum absolute atomic E-state index is 0.0475. The van der Waals surface area contributed by atoms with Crippen molar-refractivity contribution in [2.75, 3.05) is 11.9 Å². The first-order valence-electron chi connectivity index (χ1n) is 7.76. The molecule has 1 amide bonds. The first kappa shape index (κ1) is 19.7. The molecule has 0 saturated heterocycles. The number of carbonyl (C=O) groups excluding carboxylic acids is 1. The van der Waals surface area contributed by atoms with Crippen LogP contribution < -0.4 is 5.32 Å². The fourth-order valence-electron chi connectivity index (χ4n) is 2.38. The smallest absolute Gasteiger partial charge is 0.350 e. The number of amides is 1. The molecule has 3 heterocycles. The number of nitrogens with zero attached hydrogens (tertiary/aromatic N) is 5. The Hall–Kier alpha value is -3.09. The van der Waals surface area contributed by atoms with Crippen molar-refractivity contribution in [1.29, 1.82) is 0 Å². The minimum Gasteiger partial charge on any atom is -0.350 e. The third-order valence-corrected chi connectivity index (χ3v) is 3.48. The van der Waals surface area contributed by atoms with Crippen molar-refractivity contribution in [2.45, 2.75) is 26.3 Å². The lowest BCUT2D eigenvalue weighted by atomic mass is 10.3. The lowest BCUT2D eigenvalue weighted by Crippen LogP contribution is -2.18. The zero-order valence-electron chi connectivity index (χ0n) is 14.2. The summed E-state index contributed by atoms with van der Waals surface area (Å²) in [4.78, 5) is 16.5. The van der Waals surface area contributed by atoms with Crippen LogP contribution in [0.1, 0.15) is 28.2 Å². The van der Waals surface area contributed by atoms with Crippen LogP contribution in [0.25, 0.3) is 5.65 Å². The summed E-state index contributed by atoms with van der Waals surface area (Å²) < 4.78 is 68.8. The highest BCUT2D eigenvalue weighted by Gasteiger charge is 2.27. The Labute approximate surface area is 153 Å². The van der Waals surface area contributed by atoms with Crippen LogP contribution in [0.4, 0.5) is 27.6 Å². The second-order valence-electron chi connectivity index (χ2n) is 5.73. The number of aromatic nitrogens is 5. The van der Waals surface area contributed by atoms with E-state index in [1.54, 1.807) is 0 Å². The summed E-state index contributed by atoms with van der Waals surface area (Å²) >= 11 is 0. The molecule has 0 spiro atoms. The van der Waals surface area contributed by atoms with Crippen LogP contribution in [0.15, 0.2) is 24.7 Å². The van der Waals surface area contributed by atoms with Crippen LogP contribution in [-0.4, -0.2) is 43.1 Å². The number of hydrogen-bond donors (Lipinski definition) is 1. The normalized spacial score (nSPS) is 12.1. The van der Waals surface area contributed by atoms with Gasteiger partial charge in [0.25, 0.3) is 12.3 Å². The van der Waals surface area contributed by atoms with Crippen LogP contribution >= 0.6 is 0 Å². The van der Waals surface area contributed by atoms with E-state index in [0.29, 0.717) is 0 Å². The van der Waals surface area contributed by atoms with Crippen LogP contribution in [0.3, 0.4) is 0 Å². The third kappa shape index (κ3) is 4.42. The Morgan fingerprint density at radius 3 is 2.71 bits per heavy atom. The average Bonchev–Trinajstić information content (AvgIpc) is 3.19. The lowest BCUT2D eigenvalue weighted by molar-refractivity contribution is -0.182. The van der Waals surface area contributed by atoms with Crippen LogP contribution in [0.2, 0.25) is 0 Å². The zero-order chi connectivity index (χ0) is 20.5. The number of nitrogens with one attached hydrogen (secondary N) is 1. The molecule has 0 aliphatic heterocycles. The van der Waals surface area contributed by atoms with Gasteiger partial charge in [0.15, 0.2) is 5.65 Å². The molecule has 0 saturated carbocycles. The van der Waals surface area contributed by atoms with Crippen molar-refractivity contribution in [1.82, 2.24) is 24.4 Å². The number of aryl methyl sites for hydroxylation is 1. The molecule has 8 nitrogen and oxygen atoms in total. The summed E-state index contributed by atoms with van der Waals surface area (Å²) in [6.45, 7) is -0.398. The van der Waals surface area contributed by atoms with Crippen molar-refractivity contribution < 1.29 is 31.5 Å². The number of anilines is 1. The lowest BCUT2D eigenvalue weighted by Gasteiger charge is -2.07. The topological polar surface area (TPSA) is 86.3 Å². The highest BCUT2D eigenvalue weighted by Crippen LogP contribution is 2.22. The third-order valence-electron chi connectivity index (χ3n) is 3.48. The quantitative estimate of drug-likeness (QED) is 0.639. The van der Waals surface area contributed by atoms with Gasteiger partial charge in [0.2, 0.25) is 0 Å². The van der Waals surface area contributed by atoms with Crippen molar-refractivity contribution in [2.24, 2.45) is 0 Å². The molecular weight excluding hydrogens is 391 g/mol. The molecule has 0 radical (unpaired) electrons. The van der Waals surface area contributed by atoms with E-state index in [4.69, 9.17) is 0 Å². The molecule has 0 bridgehead atoms. The molecule has 28 heavy (non-hydrogen) atoms. The number of hydrogen-bond acceptors (Lipinski definition) is 5. The summed E-state index contributed by atoms with van der Waals surface area (Å²) in [5.74, 6) is -0.691. The highest BCUT2D eigenvalue weighted by molar-refractivity contribution is 6.08. The van der Waals surface area contributed by atoms with E-state index in [-0.39, 0.29) is 22.6 Å². The van der Waals surface area contributed by atoms with Gasteiger partial charge in [-0.05, 0) is 13.0 Å². The molecule has 3 aromatic heterocycles. The largest absolute Gasteiger partial charge is 0.411 e. The molecule has 150 valence electrons. The monoisotopic (exact) mass is 404 g/mol. The van der Waals surface area contributed by atoms with Gasteiger partial charge < -0.3 is 10.1 Å². The van der Waals surface area contributed by atoms with Gasteiger partial charge in [0.1, 0.15) is 24.6 Å². The summed E-state index contributed by atoms with van der Waals surface area (Å²) in [6, 6.07) is 1.16. The summed E-state index contributed by atoms with van der Waals surface area (Å²) in [5.41, 5.74) is -0.0507. The number of halogens is 5. The van der Waals surface area contributed by atoms with Gasteiger partial charge in [-0.3, -0.25) is 4.79 Å². The average molecular weight is 404 g/mol. The molecule has 0 unspecified atom stereocenters. The molecule has 0 aliphatic carbocycles. The maximum absolute atomic E-state index is 13.1. The van der Waals surface area contributed by atoms with E-state index in [1.165, 1.54) is 19.3 Å². The van der Waals surface area contributed by atoms with E-state index < -0.39 is 37.5 Å². The molecular formula is C15H13F5N6O2. The molecule has 13 heteroatoms. The number of carbonyl (C=O) groups is 1. The number of ether oxygens (including phenoxy) is 1. The molecule has 3 rings (SSSR count). The maximum atomic E-state index is 13.1. The Balaban J connectivity index is 1.74.